The molecule has 1 aromatic rings. The van der Waals surface area contributed by atoms with Gasteiger partial charge in [0.1, 0.15) is 0 Å². The second kappa shape index (κ2) is 15.1. The van der Waals surface area contributed by atoms with E-state index in [1.165, 1.54) is 7.11 Å². The van der Waals surface area contributed by atoms with Gasteiger partial charge in [0.25, 0.3) is 0 Å². The summed E-state index contributed by atoms with van der Waals surface area (Å²) in [7, 11) is 4.66. The number of methoxy groups -OCH3 is 3. The van der Waals surface area contributed by atoms with E-state index in [9.17, 15) is 4.79 Å². The Morgan fingerprint density at radius 1 is 1.16 bits per heavy atom. The van der Waals surface area contributed by atoms with E-state index in [4.69, 9.17) is 18.9 Å². The van der Waals surface area contributed by atoms with Crippen molar-refractivity contribution in [2.75, 3.05) is 67.3 Å². The number of esters is 1. The van der Waals surface area contributed by atoms with E-state index in [0.717, 1.165) is 25.2 Å². The molecule has 182 valence electrons. The maximum absolute atomic E-state index is 11.7. The highest BCUT2D eigenvalue weighted by atomic mass is 127. The number of guanidine groups is 1. The number of halogens is 1. The van der Waals surface area contributed by atoms with Gasteiger partial charge in [-0.25, -0.2) is 0 Å². The Hall–Kier alpha value is -1.79. The Kier molecular flexibility index (Phi) is 13.3. The third kappa shape index (κ3) is 8.28. The number of hydrogen-bond acceptors (Lipinski definition) is 7. The fourth-order valence-electron chi connectivity index (χ4n) is 3.45. The highest BCUT2D eigenvalue weighted by molar-refractivity contribution is 14.0. The van der Waals surface area contributed by atoms with Crippen molar-refractivity contribution in [2.24, 2.45) is 10.9 Å². The number of morpholine rings is 1. The molecule has 1 saturated heterocycles. The fourth-order valence-corrected chi connectivity index (χ4v) is 3.45. The summed E-state index contributed by atoms with van der Waals surface area (Å²) >= 11 is 0. The molecule has 1 heterocycles. The number of hydrogen-bond donors (Lipinski definition) is 2. The highest BCUT2D eigenvalue weighted by Crippen LogP contribution is 2.32. The highest BCUT2D eigenvalue weighted by Gasteiger charge is 2.24. The summed E-state index contributed by atoms with van der Waals surface area (Å²) in [6.45, 7) is 8.60. The van der Waals surface area contributed by atoms with Crippen molar-refractivity contribution in [2.45, 2.75) is 19.9 Å². The minimum atomic E-state index is -0.304. The van der Waals surface area contributed by atoms with Crippen molar-refractivity contribution >= 4 is 35.9 Å². The maximum atomic E-state index is 11.7. The molecule has 10 heteroatoms. The molecule has 0 bridgehead atoms. The number of ether oxygens (including phenoxy) is 4. The fraction of sp³-hybridized carbons (Fsp3) is 0.636. The lowest BCUT2D eigenvalue weighted by atomic mass is 10.0. The molecule has 32 heavy (non-hydrogen) atoms. The van der Waals surface area contributed by atoms with Gasteiger partial charge < -0.3 is 29.6 Å². The summed E-state index contributed by atoms with van der Waals surface area (Å²) < 4.78 is 21.2. The first-order valence-electron chi connectivity index (χ1n) is 10.7. The Labute approximate surface area is 208 Å². The molecule has 1 fully saturated rings. The van der Waals surface area contributed by atoms with Gasteiger partial charge in [-0.2, -0.15) is 0 Å². The van der Waals surface area contributed by atoms with Crippen LogP contribution in [0.15, 0.2) is 23.2 Å². The van der Waals surface area contributed by atoms with E-state index < -0.39 is 0 Å². The molecule has 2 N–H and O–H groups in total. The number of benzene rings is 1. The zero-order chi connectivity index (χ0) is 22.6. The van der Waals surface area contributed by atoms with Crippen LogP contribution in [0.4, 0.5) is 0 Å². The standard InChI is InChI=1S/C22H36N4O5.HI/c1-6-23-22(24-14-16(2)21(27)30-5)25-15-18(26-9-11-31-12-10-26)17-7-8-19(28-3)20(13-17)29-4;/h7-8,13,16,18H,6,9-12,14-15H2,1-5H3,(H2,23,24,25);1H. The van der Waals surface area contributed by atoms with E-state index in [1.54, 1.807) is 21.1 Å². The van der Waals surface area contributed by atoms with Crippen LogP contribution in [-0.4, -0.2) is 84.1 Å². The number of carbonyl (C=O) groups excluding carboxylic acids is 1. The molecule has 2 unspecified atom stereocenters. The van der Waals surface area contributed by atoms with E-state index in [2.05, 4.69) is 26.6 Å². The van der Waals surface area contributed by atoms with Gasteiger partial charge in [-0.3, -0.25) is 14.7 Å². The lowest BCUT2D eigenvalue weighted by Gasteiger charge is -2.35. The first-order valence-corrected chi connectivity index (χ1v) is 10.7. The van der Waals surface area contributed by atoms with Crippen molar-refractivity contribution in [1.29, 1.82) is 0 Å². The summed E-state index contributed by atoms with van der Waals surface area (Å²) in [6.07, 6.45) is 0. The second-order valence-corrected chi connectivity index (χ2v) is 7.30. The van der Waals surface area contributed by atoms with E-state index in [0.29, 0.717) is 43.8 Å². The maximum Gasteiger partial charge on any atom is 0.310 e. The predicted molar refractivity (Wildman–Crippen MR) is 135 cm³/mol. The number of nitrogens with one attached hydrogen (secondary N) is 2. The van der Waals surface area contributed by atoms with Crippen molar-refractivity contribution in [1.82, 2.24) is 15.5 Å². The summed E-state index contributed by atoms with van der Waals surface area (Å²) in [5.74, 6) is 1.49. The first-order chi connectivity index (χ1) is 15.0. The van der Waals surface area contributed by atoms with Crippen LogP contribution in [0.1, 0.15) is 25.5 Å². The minimum Gasteiger partial charge on any atom is -0.493 e. The Morgan fingerprint density at radius 3 is 2.44 bits per heavy atom. The lowest BCUT2D eigenvalue weighted by Crippen LogP contribution is -2.46. The molecule has 0 aliphatic carbocycles. The van der Waals surface area contributed by atoms with Crippen LogP contribution < -0.4 is 20.1 Å². The van der Waals surface area contributed by atoms with Crippen molar-refractivity contribution in [3.8, 4) is 11.5 Å². The van der Waals surface area contributed by atoms with Crippen LogP contribution in [0.3, 0.4) is 0 Å². The number of nitrogens with zero attached hydrogens (tertiary/aromatic N) is 2. The smallest absolute Gasteiger partial charge is 0.310 e. The lowest BCUT2D eigenvalue weighted by molar-refractivity contribution is -0.144. The molecule has 0 radical (unpaired) electrons. The van der Waals surface area contributed by atoms with Crippen LogP contribution in [0, 0.1) is 5.92 Å². The van der Waals surface area contributed by atoms with Gasteiger partial charge in [-0.15, -0.1) is 24.0 Å². The Bertz CT molecular complexity index is 728. The van der Waals surface area contributed by atoms with Gasteiger partial charge in [0, 0.05) is 26.2 Å². The zero-order valence-electron chi connectivity index (χ0n) is 19.7. The Morgan fingerprint density at radius 2 is 1.84 bits per heavy atom. The van der Waals surface area contributed by atoms with E-state index >= 15 is 0 Å². The van der Waals surface area contributed by atoms with Gasteiger partial charge in [0.15, 0.2) is 17.5 Å². The quantitative estimate of drug-likeness (QED) is 0.193. The van der Waals surface area contributed by atoms with Gasteiger partial charge in [0.2, 0.25) is 0 Å². The first kappa shape index (κ1) is 28.2. The topological polar surface area (TPSA) is 93.7 Å². The van der Waals surface area contributed by atoms with Crippen LogP contribution in [-0.2, 0) is 14.3 Å². The minimum absolute atomic E-state index is 0. The SMILES string of the molecule is CCNC(=NCC(C)C(=O)OC)NCC(c1ccc(OC)c(OC)c1)N1CCOCC1.I. The van der Waals surface area contributed by atoms with Crippen LogP contribution >= 0.6 is 24.0 Å². The van der Waals surface area contributed by atoms with Gasteiger partial charge in [-0.05, 0) is 24.6 Å². The summed E-state index contributed by atoms with van der Waals surface area (Å²) in [4.78, 5) is 18.6. The average Bonchev–Trinajstić information content (AvgIpc) is 2.82. The molecular weight excluding hydrogens is 527 g/mol. The average molecular weight is 564 g/mol. The van der Waals surface area contributed by atoms with Crippen LogP contribution in [0.5, 0.6) is 11.5 Å². The van der Waals surface area contributed by atoms with Crippen molar-refractivity contribution < 1.29 is 23.7 Å². The second-order valence-electron chi connectivity index (χ2n) is 7.30. The molecule has 1 aliphatic heterocycles. The molecule has 0 aromatic heterocycles. The van der Waals surface area contributed by atoms with Gasteiger partial charge >= 0.3 is 5.97 Å². The molecule has 1 aliphatic rings. The molecule has 1 aromatic carbocycles. The third-order valence-corrected chi connectivity index (χ3v) is 5.21. The normalized spacial score (nSPS) is 16.3. The molecule has 0 amide bonds. The summed E-state index contributed by atoms with van der Waals surface area (Å²) in [6, 6.07) is 6.10. The summed E-state index contributed by atoms with van der Waals surface area (Å²) in [5, 5.41) is 6.67. The monoisotopic (exact) mass is 564 g/mol. The molecule has 2 rings (SSSR count). The van der Waals surface area contributed by atoms with Crippen molar-refractivity contribution in [3.63, 3.8) is 0 Å². The third-order valence-electron chi connectivity index (χ3n) is 5.21. The van der Waals surface area contributed by atoms with E-state index in [-0.39, 0.29) is 41.9 Å². The van der Waals surface area contributed by atoms with Gasteiger partial charge in [0.05, 0.1) is 53.0 Å². The van der Waals surface area contributed by atoms with Crippen LogP contribution in [0.25, 0.3) is 0 Å². The number of rotatable bonds is 10. The number of carbonyl (C=O) groups is 1. The molecule has 0 spiro atoms. The molecule has 9 nitrogen and oxygen atoms in total. The largest absolute Gasteiger partial charge is 0.493 e. The van der Waals surface area contributed by atoms with E-state index in [1.807, 2.05) is 19.1 Å². The van der Waals surface area contributed by atoms with Gasteiger partial charge in [-0.1, -0.05) is 13.0 Å². The molecule has 0 saturated carbocycles. The predicted octanol–water partition coefficient (Wildman–Crippen LogP) is 2.06. The van der Waals surface area contributed by atoms with Crippen molar-refractivity contribution in [3.05, 3.63) is 23.8 Å². The zero-order valence-corrected chi connectivity index (χ0v) is 22.0. The molecule has 2 atom stereocenters. The van der Waals surface area contributed by atoms with Crippen LogP contribution in [0.2, 0.25) is 0 Å². The number of aliphatic imine (C=N–C) groups is 1. The molecular formula is C22H37IN4O5. The Balaban J connectivity index is 0.00000512. The summed E-state index contributed by atoms with van der Waals surface area (Å²) in [5.41, 5.74) is 1.12.